The van der Waals surface area contributed by atoms with Crippen molar-refractivity contribution in [1.29, 1.82) is 0 Å². The molecule has 0 saturated carbocycles. The highest BCUT2D eigenvalue weighted by molar-refractivity contribution is 5.82. The summed E-state index contributed by atoms with van der Waals surface area (Å²) in [6.45, 7) is 3.88. The number of carbonyl (C=O) groups is 2. The largest absolute Gasteiger partial charge is 0.378 e. The number of carbonyl (C=O) groups excluding carboxylic acids is 2. The van der Waals surface area contributed by atoms with Crippen molar-refractivity contribution < 1.29 is 28.5 Å². The number of hydrogen-bond donors (Lipinski definition) is 3. The lowest BCUT2D eigenvalue weighted by Gasteiger charge is -2.08. The van der Waals surface area contributed by atoms with Crippen LogP contribution in [-0.2, 0) is 28.5 Å². The number of nitrogens with two attached hydrogens (primary N) is 1. The fourth-order valence-electron chi connectivity index (χ4n) is 1.35. The van der Waals surface area contributed by atoms with Crippen LogP contribution in [0.25, 0.3) is 0 Å². The van der Waals surface area contributed by atoms with Crippen molar-refractivity contribution in [2.24, 2.45) is 5.73 Å². The van der Waals surface area contributed by atoms with Crippen LogP contribution >= 0.6 is 0 Å². The maximum absolute atomic E-state index is 11.3. The van der Waals surface area contributed by atoms with E-state index in [0.717, 1.165) is 6.54 Å². The van der Waals surface area contributed by atoms with Gasteiger partial charge in [0.05, 0.1) is 46.2 Å². The molecule has 0 bridgehead atoms. The van der Waals surface area contributed by atoms with Gasteiger partial charge in [0.1, 0.15) is 13.2 Å². The summed E-state index contributed by atoms with van der Waals surface area (Å²) in [5.74, 6) is -0.540. The Balaban J connectivity index is -0.00000242. The highest BCUT2D eigenvalue weighted by atomic mass is 16.5. The van der Waals surface area contributed by atoms with Crippen molar-refractivity contribution in [3.05, 3.63) is 0 Å². The van der Waals surface area contributed by atoms with Crippen molar-refractivity contribution in [2.75, 3.05) is 79.5 Å². The fourth-order valence-corrected chi connectivity index (χ4v) is 1.35. The first-order valence-corrected chi connectivity index (χ1v) is 7.64. The molecule has 0 aliphatic heterocycles. The van der Waals surface area contributed by atoms with E-state index in [0.29, 0.717) is 46.2 Å². The molecular weight excluding hydrogens is 330 g/mol. The van der Waals surface area contributed by atoms with E-state index in [1.165, 1.54) is 0 Å². The summed E-state index contributed by atoms with van der Waals surface area (Å²) >= 11 is 0. The second-order valence-electron chi connectivity index (χ2n) is 4.53. The number of hydrogen-bond acceptors (Lipinski definition) is 8. The van der Waals surface area contributed by atoms with E-state index in [2.05, 4.69) is 10.6 Å². The Hall–Kier alpha value is -1.10. The van der Waals surface area contributed by atoms with Crippen molar-refractivity contribution >= 4 is 11.7 Å². The second kappa shape index (κ2) is 22.9. The monoisotopic (exact) mass is 367 g/mol. The zero-order valence-corrected chi connectivity index (χ0v) is 13.8. The summed E-state index contributed by atoms with van der Waals surface area (Å²) < 4.78 is 20.8. The Morgan fingerprint density at radius 3 is 1.84 bits per heavy atom. The van der Waals surface area contributed by atoms with Crippen LogP contribution in [0.3, 0.4) is 0 Å². The first kappa shape index (κ1) is 28.7. The Kier molecular flexibility index (Phi) is 26.3. The lowest BCUT2D eigenvalue weighted by atomic mass is 10.4. The third kappa shape index (κ3) is 22.9. The molecule has 0 saturated heterocycles. The Morgan fingerprint density at radius 1 is 0.800 bits per heavy atom. The molecule has 0 aromatic carbocycles. The van der Waals surface area contributed by atoms with Gasteiger partial charge in [-0.15, -0.1) is 0 Å². The molecule has 0 aliphatic carbocycles. The predicted octanol–water partition coefficient (Wildman–Crippen LogP) is -0.812. The van der Waals surface area contributed by atoms with E-state index < -0.39 is 0 Å². The molecule has 152 valence electrons. The highest BCUT2D eigenvalue weighted by Gasteiger charge is 2.03. The van der Waals surface area contributed by atoms with Crippen molar-refractivity contribution in [3.63, 3.8) is 0 Å². The molecule has 0 rings (SSSR count). The summed E-state index contributed by atoms with van der Waals surface area (Å²) in [6.07, 6.45) is 0. The lowest BCUT2D eigenvalue weighted by Crippen LogP contribution is -2.32. The van der Waals surface area contributed by atoms with E-state index in [-0.39, 0.29) is 46.3 Å². The van der Waals surface area contributed by atoms with Crippen molar-refractivity contribution in [1.82, 2.24) is 10.6 Å². The number of ketones is 1. The Bertz CT molecular complexity index is 306. The minimum atomic E-state index is -0.298. The van der Waals surface area contributed by atoms with E-state index >= 15 is 0 Å². The Labute approximate surface area is 151 Å². The van der Waals surface area contributed by atoms with Crippen LogP contribution in [0.4, 0.5) is 0 Å². The molecule has 9 nitrogen and oxygen atoms in total. The molecule has 0 aliphatic rings. The van der Waals surface area contributed by atoms with Crippen LogP contribution in [0, 0.1) is 0 Å². The normalized spacial score (nSPS) is 9.84. The maximum Gasteiger partial charge on any atom is 0.246 e. The molecule has 25 heavy (non-hydrogen) atoms. The number of amides is 1. The molecule has 4 N–H and O–H groups in total. The summed E-state index contributed by atoms with van der Waals surface area (Å²) in [4.78, 5) is 22.2. The first-order valence-electron chi connectivity index (χ1n) is 7.64. The zero-order valence-electron chi connectivity index (χ0n) is 13.8. The van der Waals surface area contributed by atoms with Gasteiger partial charge in [-0.3, -0.25) is 9.59 Å². The van der Waals surface area contributed by atoms with E-state index in [4.69, 9.17) is 24.7 Å². The maximum atomic E-state index is 11.3. The smallest absolute Gasteiger partial charge is 0.246 e. The Morgan fingerprint density at radius 2 is 1.32 bits per heavy atom. The van der Waals surface area contributed by atoms with Gasteiger partial charge in [-0.1, -0.05) is 14.9 Å². The lowest BCUT2D eigenvalue weighted by molar-refractivity contribution is -0.129. The average Bonchev–Trinajstić information content (AvgIpc) is 2.55. The number of ether oxygens (including phenoxy) is 4. The topological polar surface area (TPSA) is 121 Å². The second-order valence-corrected chi connectivity index (χ2v) is 4.53. The molecule has 0 radical (unpaired) electrons. The summed E-state index contributed by atoms with van der Waals surface area (Å²) in [5.41, 5.74) is 5.11. The quantitative estimate of drug-likeness (QED) is 0.285. The number of Topliss-reactive ketones (excluding diaryl/α,β-unsaturated/α-hetero) is 1. The first-order chi connectivity index (χ1) is 11.2. The van der Waals surface area contributed by atoms with Crippen LogP contribution in [0.5, 0.6) is 0 Å². The molecule has 0 unspecified atom stereocenters. The fraction of sp³-hybridized carbons (Fsp3) is 0.875. The van der Waals surface area contributed by atoms with Gasteiger partial charge in [-0.05, 0) is 7.05 Å². The van der Waals surface area contributed by atoms with Gasteiger partial charge in [0.2, 0.25) is 5.91 Å². The zero-order chi connectivity index (χ0) is 17.2. The van der Waals surface area contributed by atoms with Gasteiger partial charge in [0.25, 0.3) is 0 Å². The van der Waals surface area contributed by atoms with E-state index in [1.54, 1.807) is 0 Å². The third-order valence-electron chi connectivity index (χ3n) is 2.53. The van der Waals surface area contributed by atoms with Crippen molar-refractivity contribution in [3.8, 4) is 0 Å². The highest BCUT2D eigenvalue weighted by Crippen LogP contribution is 1.81. The van der Waals surface area contributed by atoms with Crippen LogP contribution in [0.2, 0.25) is 0 Å². The molecule has 0 aromatic rings. The number of likely N-dealkylation sites (N-methyl/N-ethyl adjacent to an activating group) is 1. The minimum absolute atomic E-state index is 0. The predicted molar refractivity (Wildman–Crippen MR) is 97.7 cm³/mol. The van der Waals surface area contributed by atoms with E-state index in [9.17, 15) is 9.59 Å². The molecule has 0 spiro atoms. The molecule has 0 heterocycles. The number of nitrogens with one attached hydrogen (secondary N) is 2. The minimum Gasteiger partial charge on any atom is -0.378 e. The summed E-state index contributed by atoms with van der Waals surface area (Å²) in [6, 6.07) is 0. The van der Waals surface area contributed by atoms with Crippen LogP contribution < -0.4 is 16.4 Å². The van der Waals surface area contributed by atoms with Crippen LogP contribution in [0.1, 0.15) is 14.9 Å². The van der Waals surface area contributed by atoms with Crippen LogP contribution in [-0.4, -0.2) is 91.2 Å². The average molecular weight is 367 g/mol. The van der Waals surface area contributed by atoms with Crippen LogP contribution in [0.15, 0.2) is 0 Å². The van der Waals surface area contributed by atoms with Gasteiger partial charge >= 0.3 is 0 Å². The number of rotatable bonds is 17. The molecule has 0 aromatic heterocycles. The third-order valence-corrected chi connectivity index (χ3v) is 2.53. The van der Waals surface area contributed by atoms with Gasteiger partial charge in [0.15, 0.2) is 5.78 Å². The van der Waals surface area contributed by atoms with Gasteiger partial charge in [0, 0.05) is 13.1 Å². The van der Waals surface area contributed by atoms with Crippen molar-refractivity contribution in [2.45, 2.75) is 14.9 Å². The van der Waals surface area contributed by atoms with Gasteiger partial charge in [-0.2, -0.15) is 0 Å². The molecule has 9 heteroatoms. The molecule has 0 fully saturated rings. The SMILES string of the molecule is C.C.CNCCOCCOCCOCCNC(=O)COCC(=O)CN. The standard InChI is InChI=1S/C14H29N3O6.2CH4/c1-16-2-4-20-6-8-22-9-7-21-5-3-17-14(19)12-23-11-13(18)10-15;;/h16H,2-12,15H2,1H3,(H,17,19);2*1H4. The summed E-state index contributed by atoms with van der Waals surface area (Å²) in [5, 5.41) is 5.59. The van der Waals surface area contributed by atoms with E-state index in [1.807, 2.05) is 7.05 Å². The van der Waals surface area contributed by atoms with Gasteiger partial charge < -0.3 is 35.3 Å². The van der Waals surface area contributed by atoms with Gasteiger partial charge in [-0.25, -0.2) is 0 Å². The summed E-state index contributed by atoms with van der Waals surface area (Å²) in [7, 11) is 1.87. The molecule has 1 amide bonds. The molecule has 0 atom stereocenters. The molecular formula is C16H37N3O6.